The molecule has 0 bridgehead atoms. The van der Waals surface area contributed by atoms with Gasteiger partial charge in [0.15, 0.2) is 5.78 Å². The number of aliphatic hydroxyl groups is 1. The molecule has 2 heterocycles. The number of azide groups is 1. The van der Waals surface area contributed by atoms with Crippen LogP contribution in [0.4, 0.5) is 0 Å². The molecule has 10 nitrogen and oxygen atoms in total. The van der Waals surface area contributed by atoms with Gasteiger partial charge in [-0.1, -0.05) is 76.2 Å². The molecule has 0 aromatic carbocycles. The third-order valence-electron chi connectivity index (χ3n) is 6.46. The summed E-state index contributed by atoms with van der Waals surface area (Å²) in [4.78, 5) is 41.4. The van der Waals surface area contributed by atoms with Crippen LogP contribution in [0.2, 0.25) is 0 Å². The van der Waals surface area contributed by atoms with Crippen molar-refractivity contribution >= 4 is 5.78 Å². The number of hydrogen-bond acceptors (Lipinski definition) is 6. The number of aliphatic hydroxyl groups excluding tert-OH is 1. The first-order valence-electron chi connectivity index (χ1n) is 12.6. The van der Waals surface area contributed by atoms with Crippen molar-refractivity contribution in [3.8, 4) is 0 Å². The molecule has 1 saturated heterocycles. The van der Waals surface area contributed by atoms with Gasteiger partial charge >= 0.3 is 5.69 Å². The lowest BCUT2D eigenvalue weighted by Gasteiger charge is -2.21. The van der Waals surface area contributed by atoms with Crippen LogP contribution in [0.3, 0.4) is 0 Å². The smallest absolute Gasteiger partial charge is 0.330 e. The fourth-order valence-corrected chi connectivity index (χ4v) is 4.41. The molecule has 0 saturated carbocycles. The van der Waals surface area contributed by atoms with E-state index in [-0.39, 0.29) is 18.6 Å². The van der Waals surface area contributed by atoms with E-state index in [1.54, 1.807) is 6.92 Å². The van der Waals surface area contributed by atoms with Crippen molar-refractivity contribution in [2.75, 3.05) is 0 Å². The van der Waals surface area contributed by atoms with Crippen molar-refractivity contribution in [3.63, 3.8) is 0 Å². The molecule has 0 spiro atoms. The van der Waals surface area contributed by atoms with Gasteiger partial charge in [-0.25, -0.2) is 4.79 Å². The molecule has 1 unspecified atom stereocenters. The lowest BCUT2D eigenvalue weighted by molar-refractivity contribution is -0.137. The van der Waals surface area contributed by atoms with Crippen LogP contribution in [0.5, 0.6) is 0 Å². The summed E-state index contributed by atoms with van der Waals surface area (Å²) in [6.07, 6.45) is 11.2. The lowest BCUT2D eigenvalue weighted by atomic mass is 9.98. The van der Waals surface area contributed by atoms with Crippen LogP contribution in [0.1, 0.15) is 102 Å². The molecular weight excluding hydrogens is 438 g/mol. The van der Waals surface area contributed by atoms with Crippen LogP contribution in [0.15, 0.2) is 20.9 Å². The maximum atomic E-state index is 12.6. The number of aromatic amines is 1. The molecule has 2 N–H and O–H groups in total. The number of carbonyl (C=O) groups excluding carboxylic acids is 1. The van der Waals surface area contributed by atoms with E-state index in [2.05, 4.69) is 21.9 Å². The average molecular weight is 478 g/mol. The number of H-pyrrole nitrogens is 1. The monoisotopic (exact) mass is 477 g/mol. The average Bonchev–Trinajstić information content (AvgIpc) is 3.23. The molecule has 34 heavy (non-hydrogen) atoms. The fraction of sp³-hybridized carbons (Fsp3) is 0.792. The first-order valence-corrected chi connectivity index (χ1v) is 12.6. The van der Waals surface area contributed by atoms with Gasteiger partial charge < -0.3 is 9.84 Å². The number of rotatable bonds is 16. The highest BCUT2D eigenvalue weighted by Crippen LogP contribution is 2.32. The summed E-state index contributed by atoms with van der Waals surface area (Å²) in [5.41, 5.74) is 8.05. The molecule has 10 heteroatoms. The number of nitrogens with zero attached hydrogens (tertiary/aromatic N) is 4. The normalized spacial score (nSPS) is 20.7. The summed E-state index contributed by atoms with van der Waals surface area (Å²) < 4.78 is 6.98. The van der Waals surface area contributed by atoms with Crippen LogP contribution >= 0.6 is 0 Å². The molecule has 2 rings (SSSR count). The molecule has 1 aliphatic heterocycles. The Morgan fingerprint density at radius 2 is 1.76 bits per heavy atom. The maximum absolute atomic E-state index is 12.6. The highest BCUT2D eigenvalue weighted by atomic mass is 16.5. The number of Topliss-reactive ketones (excluding diaryl/α,β-unsaturated/α-hetero) is 1. The minimum absolute atomic E-state index is 0.114. The third-order valence-corrected chi connectivity index (χ3v) is 6.46. The van der Waals surface area contributed by atoms with Crippen molar-refractivity contribution in [1.29, 1.82) is 0 Å². The Morgan fingerprint density at radius 1 is 1.18 bits per heavy atom. The van der Waals surface area contributed by atoms with E-state index in [4.69, 9.17) is 10.3 Å². The Hall–Kier alpha value is -2.42. The predicted octanol–water partition coefficient (Wildman–Crippen LogP) is 4.44. The molecule has 0 radical (unpaired) electrons. The Bertz CT molecular complexity index is 936. The molecular formula is C24H39N5O5. The molecule has 1 aromatic heterocycles. The number of nitrogens with one attached hydrogen (secondary N) is 1. The van der Waals surface area contributed by atoms with Crippen LogP contribution in [-0.4, -0.2) is 38.7 Å². The Labute approximate surface area is 200 Å². The van der Waals surface area contributed by atoms with Crippen molar-refractivity contribution < 1.29 is 14.6 Å². The zero-order chi connectivity index (χ0) is 24.9. The Balaban J connectivity index is 1.78. The van der Waals surface area contributed by atoms with Gasteiger partial charge in [-0.15, -0.1) is 0 Å². The summed E-state index contributed by atoms with van der Waals surface area (Å²) in [5, 5.41) is 14.3. The highest BCUT2D eigenvalue weighted by Gasteiger charge is 2.42. The van der Waals surface area contributed by atoms with E-state index in [1.165, 1.54) is 55.7 Å². The second-order valence-corrected chi connectivity index (χ2v) is 9.24. The van der Waals surface area contributed by atoms with Gasteiger partial charge in [0.25, 0.3) is 5.56 Å². The number of ketones is 1. The van der Waals surface area contributed by atoms with Gasteiger partial charge in [-0.05, 0) is 18.9 Å². The number of carbonyl (C=O) groups is 1. The quantitative estimate of drug-likeness (QED) is 0.156. The summed E-state index contributed by atoms with van der Waals surface area (Å²) in [5.74, 6) is -0.357. The fourth-order valence-electron chi connectivity index (χ4n) is 4.41. The topological polar surface area (TPSA) is 150 Å². The van der Waals surface area contributed by atoms with Crippen LogP contribution < -0.4 is 11.2 Å². The van der Waals surface area contributed by atoms with E-state index in [0.717, 1.165) is 19.3 Å². The second kappa shape index (κ2) is 14.8. The number of aryl methyl sites for hydroxylation is 1. The van der Waals surface area contributed by atoms with Gasteiger partial charge in [0.1, 0.15) is 18.4 Å². The molecule has 1 aromatic rings. The lowest BCUT2D eigenvalue weighted by Crippen LogP contribution is -2.39. The summed E-state index contributed by atoms with van der Waals surface area (Å²) in [6, 6.07) is -0.801. The first-order chi connectivity index (χ1) is 16.4. The number of hydrogen-bond donors (Lipinski definition) is 2. The van der Waals surface area contributed by atoms with Gasteiger partial charge in [-0.2, -0.15) is 0 Å². The van der Waals surface area contributed by atoms with Gasteiger partial charge in [0.05, 0.1) is 6.04 Å². The van der Waals surface area contributed by atoms with Gasteiger partial charge in [-0.3, -0.25) is 19.1 Å². The highest BCUT2D eigenvalue weighted by molar-refractivity contribution is 5.83. The van der Waals surface area contributed by atoms with Crippen LogP contribution in [0.25, 0.3) is 10.4 Å². The summed E-state index contributed by atoms with van der Waals surface area (Å²) in [7, 11) is 0. The molecule has 1 fully saturated rings. The number of unbranched alkanes of at least 4 members (excludes halogenated alkanes) is 10. The van der Waals surface area contributed by atoms with Crippen molar-refractivity contribution in [2.45, 2.75) is 122 Å². The van der Waals surface area contributed by atoms with Gasteiger partial charge in [0.2, 0.25) is 0 Å². The van der Waals surface area contributed by atoms with E-state index in [9.17, 15) is 19.5 Å². The number of aromatic nitrogens is 2. The number of ether oxygens (including phenoxy) is 1. The molecule has 0 amide bonds. The van der Waals surface area contributed by atoms with E-state index < -0.39 is 35.7 Å². The Kier molecular flexibility index (Phi) is 12.1. The largest absolute Gasteiger partial charge is 0.383 e. The standard InChI is InChI=1S/C24H39N5O5/c1-3-4-5-6-7-8-9-10-11-12-13-14-19(30)21(31)22-18(27-28-25)15-20(34-22)29-16-17(2)23(32)26-24(29)33/h16,18,20-22,31H,3-15H2,1-2H3,(H,26,32,33)/t18-,20+,21?,22-/m0/s1. The maximum Gasteiger partial charge on any atom is 0.330 e. The van der Waals surface area contributed by atoms with Crippen LogP contribution in [0, 0.1) is 6.92 Å². The molecule has 0 aliphatic carbocycles. The SMILES string of the molecule is CCCCCCCCCCCCCC(=O)C(O)[C@H]1O[C@@H](n2cc(C)c(=O)[nH]c2=O)C[C@@H]1N=[N+]=[N-]. The van der Waals surface area contributed by atoms with Crippen molar-refractivity contribution in [2.24, 2.45) is 5.11 Å². The van der Waals surface area contributed by atoms with E-state index >= 15 is 0 Å². The zero-order valence-corrected chi connectivity index (χ0v) is 20.4. The molecule has 1 aliphatic rings. The summed E-state index contributed by atoms with van der Waals surface area (Å²) >= 11 is 0. The van der Waals surface area contributed by atoms with Crippen molar-refractivity contribution in [3.05, 3.63) is 43.0 Å². The minimum atomic E-state index is -1.44. The third kappa shape index (κ3) is 8.42. The molecule has 190 valence electrons. The van der Waals surface area contributed by atoms with E-state index in [1.807, 2.05) is 0 Å². The van der Waals surface area contributed by atoms with E-state index in [0.29, 0.717) is 12.0 Å². The van der Waals surface area contributed by atoms with Gasteiger partial charge in [0, 0.05) is 29.5 Å². The van der Waals surface area contributed by atoms with Crippen LogP contribution in [-0.2, 0) is 9.53 Å². The zero-order valence-electron chi connectivity index (χ0n) is 20.4. The Morgan fingerprint density at radius 3 is 2.35 bits per heavy atom. The minimum Gasteiger partial charge on any atom is -0.383 e. The second-order valence-electron chi connectivity index (χ2n) is 9.24. The summed E-state index contributed by atoms with van der Waals surface area (Å²) in [6.45, 7) is 3.77. The first kappa shape index (κ1) is 27.8. The predicted molar refractivity (Wildman–Crippen MR) is 130 cm³/mol. The molecule has 4 atom stereocenters. The van der Waals surface area contributed by atoms with Crippen molar-refractivity contribution in [1.82, 2.24) is 9.55 Å².